The first-order chi connectivity index (χ1) is 16.9. The summed E-state index contributed by atoms with van der Waals surface area (Å²) in [7, 11) is 0. The average Bonchev–Trinajstić information content (AvgIpc) is 2.82. The van der Waals surface area contributed by atoms with Crippen LogP contribution in [-0.2, 0) is 12.6 Å². The van der Waals surface area contributed by atoms with Crippen LogP contribution in [0.4, 0.5) is 22.0 Å². The van der Waals surface area contributed by atoms with Gasteiger partial charge in [0, 0.05) is 16.8 Å². The van der Waals surface area contributed by atoms with Gasteiger partial charge in [-0.2, -0.15) is 13.2 Å². The molecule has 2 nitrogen and oxygen atoms in total. The monoisotopic (exact) mass is 503 g/mol. The van der Waals surface area contributed by atoms with Crippen LogP contribution in [0.15, 0.2) is 48.5 Å². The highest BCUT2D eigenvalue weighted by Crippen LogP contribution is 2.47. The highest BCUT2D eigenvalue weighted by atomic mass is 19.4. The van der Waals surface area contributed by atoms with Crippen LogP contribution in [0.1, 0.15) is 86.0 Å². The van der Waals surface area contributed by atoms with E-state index in [2.05, 4.69) is 13.8 Å². The van der Waals surface area contributed by atoms with Crippen molar-refractivity contribution < 1.29 is 27.1 Å². The van der Waals surface area contributed by atoms with E-state index >= 15 is 4.39 Å². The Hall–Kier alpha value is -2.80. The first kappa shape index (κ1) is 26.3. The lowest BCUT2D eigenvalue weighted by atomic mass is 9.74. The molecule has 3 atom stereocenters. The van der Waals surface area contributed by atoms with Crippen molar-refractivity contribution in [3.8, 4) is 11.1 Å². The van der Waals surface area contributed by atoms with Crippen molar-refractivity contribution in [2.75, 3.05) is 0 Å². The zero-order chi connectivity index (χ0) is 26.4. The molecule has 36 heavy (non-hydrogen) atoms. The second-order valence-corrected chi connectivity index (χ2v) is 10.2. The molecule has 0 aliphatic heterocycles. The third kappa shape index (κ3) is 5.03. The number of nitrogens with zero attached hydrogens (tertiary/aromatic N) is 1. The predicted molar refractivity (Wildman–Crippen MR) is 130 cm³/mol. The van der Waals surface area contributed by atoms with E-state index < -0.39 is 29.8 Å². The predicted octanol–water partition coefficient (Wildman–Crippen LogP) is 8.34. The molecule has 192 valence electrons. The number of alkyl halides is 4. The van der Waals surface area contributed by atoms with Crippen molar-refractivity contribution in [3.63, 3.8) is 0 Å². The van der Waals surface area contributed by atoms with Gasteiger partial charge in [0.2, 0.25) is 0 Å². The van der Waals surface area contributed by atoms with E-state index in [0.29, 0.717) is 46.8 Å². The Morgan fingerprint density at radius 2 is 1.56 bits per heavy atom. The summed E-state index contributed by atoms with van der Waals surface area (Å²) in [5.74, 6) is -0.142. The van der Waals surface area contributed by atoms with Gasteiger partial charge in [0.25, 0.3) is 0 Å². The van der Waals surface area contributed by atoms with E-state index in [1.54, 1.807) is 12.1 Å². The van der Waals surface area contributed by atoms with Gasteiger partial charge in [0.05, 0.1) is 17.4 Å². The Labute approximate surface area is 208 Å². The number of hydrogen-bond acceptors (Lipinski definition) is 2. The zero-order valence-corrected chi connectivity index (χ0v) is 20.7. The summed E-state index contributed by atoms with van der Waals surface area (Å²) < 4.78 is 69.4. The van der Waals surface area contributed by atoms with Crippen LogP contribution in [0.25, 0.3) is 11.1 Å². The van der Waals surface area contributed by atoms with E-state index in [0.717, 1.165) is 24.3 Å². The summed E-state index contributed by atoms with van der Waals surface area (Å²) >= 11 is 0. The molecule has 3 aromatic rings. The molecule has 1 N–H and O–H groups in total. The summed E-state index contributed by atoms with van der Waals surface area (Å²) in [5, 5.41) is 11.2. The fourth-order valence-corrected chi connectivity index (χ4v) is 5.07. The standard InChI is InChI=1S/C29H30F5NO/c1-15(2)19-13-22-25(23(36)14-19)24(17-7-11-21(30)12-8-17)26(28(35-22)16(3)4)27(31)18-5-9-20(10-6-18)29(32,33)34/h5-12,15-16,19,23,27,36H,13-14H2,1-4H3. The van der Waals surface area contributed by atoms with Crippen LogP contribution in [0.5, 0.6) is 0 Å². The van der Waals surface area contributed by atoms with E-state index in [-0.39, 0.29) is 23.0 Å². The van der Waals surface area contributed by atoms with E-state index in [1.165, 1.54) is 12.1 Å². The minimum atomic E-state index is -4.53. The lowest BCUT2D eigenvalue weighted by Gasteiger charge is -2.34. The Morgan fingerprint density at radius 1 is 0.944 bits per heavy atom. The Balaban J connectivity index is 1.98. The van der Waals surface area contributed by atoms with Crippen molar-refractivity contribution in [2.45, 2.75) is 64.9 Å². The number of benzene rings is 2. The molecule has 1 aliphatic rings. The van der Waals surface area contributed by atoms with Crippen LogP contribution < -0.4 is 0 Å². The molecular weight excluding hydrogens is 473 g/mol. The number of fused-ring (bicyclic) bond motifs is 1. The summed E-state index contributed by atoms with van der Waals surface area (Å²) in [6, 6.07) is 9.63. The Morgan fingerprint density at radius 3 is 2.08 bits per heavy atom. The number of halogens is 5. The molecule has 0 amide bonds. The number of aliphatic hydroxyl groups is 1. The van der Waals surface area contributed by atoms with E-state index in [4.69, 9.17) is 4.98 Å². The average molecular weight is 504 g/mol. The lowest BCUT2D eigenvalue weighted by molar-refractivity contribution is -0.137. The van der Waals surface area contributed by atoms with Gasteiger partial charge in [0.15, 0.2) is 6.17 Å². The molecule has 1 aromatic heterocycles. The van der Waals surface area contributed by atoms with Gasteiger partial charge in [-0.05, 0) is 71.6 Å². The minimum absolute atomic E-state index is 0.0559. The molecule has 7 heteroatoms. The normalized spacial score (nSPS) is 19.0. The number of hydrogen-bond donors (Lipinski definition) is 1. The molecule has 1 heterocycles. The molecule has 3 unspecified atom stereocenters. The van der Waals surface area contributed by atoms with Gasteiger partial charge in [0.1, 0.15) is 5.82 Å². The highest BCUT2D eigenvalue weighted by Gasteiger charge is 2.36. The van der Waals surface area contributed by atoms with Gasteiger partial charge in [-0.3, -0.25) is 4.98 Å². The number of aliphatic hydroxyl groups excluding tert-OH is 1. The fourth-order valence-electron chi connectivity index (χ4n) is 5.07. The smallest absolute Gasteiger partial charge is 0.388 e. The van der Waals surface area contributed by atoms with Gasteiger partial charge in [-0.1, -0.05) is 52.0 Å². The molecular formula is C29H30F5NO. The van der Waals surface area contributed by atoms with Gasteiger partial charge in [-0.25, -0.2) is 8.78 Å². The van der Waals surface area contributed by atoms with Crippen molar-refractivity contribution in [2.24, 2.45) is 11.8 Å². The number of pyridine rings is 1. The van der Waals surface area contributed by atoms with Crippen molar-refractivity contribution in [1.29, 1.82) is 0 Å². The van der Waals surface area contributed by atoms with Crippen LogP contribution in [0.2, 0.25) is 0 Å². The SMILES string of the molecule is CC(C)c1nc2c(c(-c3ccc(F)cc3)c1C(F)c1ccc(C(F)(F)F)cc1)C(O)CC(C(C)C)C2. The second kappa shape index (κ2) is 9.92. The molecule has 0 saturated heterocycles. The summed E-state index contributed by atoms with van der Waals surface area (Å²) in [5.41, 5.74) is 2.08. The maximum Gasteiger partial charge on any atom is 0.416 e. The van der Waals surface area contributed by atoms with E-state index in [9.17, 15) is 22.7 Å². The van der Waals surface area contributed by atoms with Crippen LogP contribution >= 0.6 is 0 Å². The molecule has 4 rings (SSSR count). The molecule has 0 spiro atoms. The topological polar surface area (TPSA) is 33.1 Å². The van der Waals surface area contributed by atoms with Crippen LogP contribution in [-0.4, -0.2) is 10.1 Å². The molecule has 0 bridgehead atoms. The summed E-state index contributed by atoms with van der Waals surface area (Å²) in [6.07, 6.45) is -6.11. The summed E-state index contributed by atoms with van der Waals surface area (Å²) in [6.45, 7) is 7.93. The largest absolute Gasteiger partial charge is 0.416 e. The first-order valence-corrected chi connectivity index (χ1v) is 12.2. The molecule has 0 fully saturated rings. The third-order valence-electron chi connectivity index (χ3n) is 7.10. The Kier molecular flexibility index (Phi) is 7.24. The van der Waals surface area contributed by atoms with Crippen LogP contribution in [0.3, 0.4) is 0 Å². The number of aromatic nitrogens is 1. The van der Waals surface area contributed by atoms with Crippen LogP contribution in [0, 0.1) is 17.7 Å². The highest BCUT2D eigenvalue weighted by molar-refractivity contribution is 5.75. The fraction of sp³-hybridized carbons (Fsp3) is 0.414. The molecule has 0 radical (unpaired) electrons. The maximum absolute atomic E-state index is 16.4. The minimum Gasteiger partial charge on any atom is -0.388 e. The summed E-state index contributed by atoms with van der Waals surface area (Å²) in [4.78, 5) is 4.85. The quantitative estimate of drug-likeness (QED) is 0.355. The van der Waals surface area contributed by atoms with E-state index in [1.807, 2.05) is 13.8 Å². The van der Waals surface area contributed by atoms with Crippen molar-refractivity contribution in [1.82, 2.24) is 4.98 Å². The van der Waals surface area contributed by atoms with Gasteiger partial charge in [-0.15, -0.1) is 0 Å². The molecule has 2 aromatic carbocycles. The Bertz CT molecular complexity index is 1220. The maximum atomic E-state index is 16.4. The van der Waals surface area contributed by atoms with Crippen molar-refractivity contribution in [3.05, 3.63) is 88.0 Å². The van der Waals surface area contributed by atoms with Gasteiger partial charge >= 0.3 is 6.18 Å². The molecule has 0 saturated carbocycles. The third-order valence-corrected chi connectivity index (χ3v) is 7.10. The second-order valence-electron chi connectivity index (χ2n) is 10.2. The number of rotatable bonds is 5. The zero-order valence-electron chi connectivity index (χ0n) is 20.7. The van der Waals surface area contributed by atoms with Gasteiger partial charge < -0.3 is 5.11 Å². The first-order valence-electron chi connectivity index (χ1n) is 12.2. The van der Waals surface area contributed by atoms with Crippen molar-refractivity contribution >= 4 is 0 Å². The lowest BCUT2D eigenvalue weighted by Crippen LogP contribution is -2.26. The molecule has 1 aliphatic carbocycles.